The first kappa shape index (κ1) is 26.1. The first-order valence-corrected chi connectivity index (χ1v) is 12.5. The lowest BCUT2D eigenvalue weighted by Gasteiger charge is -2.30. The van der Waals surface area contributed by atoms with Crippen LogP contribution in [0.1, 0.15) is 36.8 Å². The summed E-state index contributed by atoms with van der Waals surface area (Å²) in [4.78, 5) is 32.8. The molecule has 0 spiro atoms. The van der Waals surface area contributed by atoms with Crippen LogP contribution in [0.2, 0.25) is 0 Å². The summed E-state index contributed by atoms with van der Waals surface area (Å²) in [5, 5.41) is 18.9. The van der Waals surface area contributed by atoms with E-state index in [2.05, 4.69) is 46.3 Å². The van der Waals surface area contributed by atoms with Gasteiger partial charge in [-0.05, 0) is 78.3 Å². The molecule has 2 aromatic carbocycles. The van der Waals surface area contributed by atoms with Crippen molar-refractivity contribution in [3.63, 3.8) is 0 Å². The number of hydrogen-bond acceptors (Lipinski definition) is 5. The number of aliphatic hydroxyl groups is 1. The third-order valence-electron chi connectivity index (χ3n) is 6.79. The summed E-state index contributed by atoms with van der Waals surface area (Å²) in [5.41, 5.74) is 4.96. The van der Waals surface area contributed by atoms with Crippen molar-refractivity contribution in [3.05, 3.63) is 84.1 Å². The molecule has 0 aliphatic heterocycles. The summed E-state index contributed by atoms with van der Waals surface area (Å²) in [5.74, 6) is -0.768. The van der Waals surface area contributed by atoms with Gasteiger partial charge in [-0.25, -0.2) is 9.78 Å². The lowest BCUT2D eigenvalue weighted by atomic mass is 9.86. The molecular weight excluding hydrogens is 466 g/mol. The maximum absolute atomic E-state index is 13.7. The van der Waals surface area contributed by atoms with E-state index >= 15 is 0 Å². The van der Waals surface area contributed by atoms with E-state index in [0.29, 0.717) is 43.6 Å². The zero-order valence-electron chi connectivity index (χ0n) is 21.2. The fraction of sp³-hybridized carbons (Fsp3) is 0.300. The number of anilines is 2. The topological polar surface area (TPSA) is 94.0 Å². The van der Waals surface area contributed by atoms with Gasteiger partial charge in [0.2, 0.25) is 5.91 Å². The van der Waals surface area contributed by atoms with Crippen molar-refractivity contribution in [3.8, 4) is 11.1 Å². The number of pyridine rings is 1. The van der Waals surface area contributed by atoms with E-state index in [0.717, 1.165) is 28.5 Å². The van der Waals surface area contributed by atoms with E-state index in [4.69, 9.17) is 5.11 Å². The number of benzene rings is 2. The van der Waals surface area contributed by atoms with Gasteiger partial charge in [0, 0.05) is 38.0 Å². The van der Waals surface area contributed by atoms with Crippen molar-refractivity contribution < 1.29 is 19.8 Å². The minimum atomic E-state index is -1.04. The van der Waals surface area contributed by atoms with Gasteiger partial charge < -0.3 is 15.1 Å². The third kappa shape index (κ3) is 6.83. The number of amides is 1. The standard InChI is InChI=1S/C30H33N3O4/c1-32(2)26-12-8-24(9-13-26)23-6-3-22(4-7-23)20-33(30(37)25-10-14-27(34)15-11-25)28-19-21(17-18-31-28)5-16-29(35)36/h3-9,12-13,16-19,25,27,34H,10-11,14-15,20H2,1-2H3,(H,35,36). The van der Waals surface area contributed by atoms with Crippen molar-refractivity contribution in [2.75, 3.05) is 23.9 Å². The number of carbonyl (C=O) groups is 2. The Balaban J connectivity index is 1.59. The Morgan fingerprint density at radius 3 is 2.16 bits per heavy atom. The van der Waals surface area contributed by atoms with Crippen LogP contribution in [-0.2, 0) is 16.1 Å². The van der Waals surface area contributed by atoms with Gasteiger partial charge in [-0.1, -0.05) is 36.4 Å². The molecule has 192 valence electrons. The maximum Gasteiger partial charge on any atom is 0.328 e. The van der Waals surface area contributed by atoms with E-state index in [1.807, 2.05) is 26.2 Å². The van der Waals surface area contributed by atoms with Crippen LogP contribution in [0.4, 0.5) is 11.5 Å². The van der Waals surface area contributed by atoms with Crippen LogP contribution in [-0.4, -0.2) is 47.3 Å². The van der Waals surface area contributed by atoms with Gasteiger partial charge >= 0.3 is 5.97 Å². The second kappa shape index (κ2) is 11.8. The molecule has 4 rings (SSSR count). The molecule has 1 fully saturated rings. The van der Waals surface area contributed by atoms with Crippen molar-refractivity contribution in [1.29, 1.82) is 0 Å². The number of carbonyl (C=O) groups excluding carboxylic acids is 1. The molecule has 1 saturated carbocycles. The molecule has 3 aromatic rings. The fourth-order valence-electron chi connectivity index (χ4n) is 4.61. The Bertz CT molecular complexity index is 1240. The molecular formula is C30H33N3O4. The van der Waals surface area contributed by atoms with E-state index in [1.165, 1.54) is 6.08 Å². The van der Waals surface area contributed by atoms with Crippen molar-refractivity contribution >= 4 is 29.5 Å². The summed E-state index contributed by atoms with van der Waals surface area (Å²) >= 11 is 0. The van der Waals surface area contributed by atoms with E-state index in [-0.39, 0.29) is 17.9 Å². The molecule has 0 atom stereocenters. The van der Waals surface area contributed by atoms with Crippen LogP contribution < -0.4 is 9.80 Å². The Hall–Kier alpha value is -3.97. The van der Waals surface area contributed by atoms with E-state index in [1.54, 1.807) is 23.2 Å². The highest BCUT2D eigenvalue weighted by molar-refractivity contribution is 5.94. The van der Waals surface area contributed by atoms with E-state index < -0.39 is 5.97 Å². The summed E-state index contributed by atoms with van der Waals surface area (Å²) < 4.78 is 0. The van der Waals surface area contributed by atoms with Gasteiger partial charge in [0.15, 0.2) is 0 Å². The molecule has 2 N–H and O–H groups in total. The van der Waals surface area contributed by atoms with Gasteiger partial charge in [0.05, 0.1) is 12.6 Å². The van der Waals surface area contributed by atoms with Crippen LogP contribution in [0.25, 0.3) is 17.2 Å². The highest BCUT2D eigenvalue weighted by atomic mass is 16.4. The molecule has 37 heavy (non-hydrogen) atoms. The average molecular weight is 500 g/mol. The summed E-state index contributed by atoms with van der Waals surface area (Å²) in [6.45, 7) is 0.344. The molecule has 1 heterocycles. The number of carboxylic acids is 1. The predicted molar refractivity (Wildman–Crippen MR) is 146 cm³/mol. The first-order chi connectivity index (χ1) is 17.8. The van der Waals surface area contributed by atoms with Crippen molar-refractivity contribution in [1.82, 2.24) is 4.98 Å². The highest BCUT2D eigenvalue weighted by Gasteiger charge is 2.30. The summed E-state index contributed by atoms with van der Waals surface area (Å²) in [6.07, 6.45) is 6.29. The second-order valence-electron chi connectivity index (χ2n) is 9.69. The van der Waals surface area contributed by atoms with Crippen LogP contribution in [0.3, 0.4) is 0 Å². The summed E-state index contributed by atoms with van der Waals surface area (Å²) in [6, 6.07) is 20.0. The van der Waals surface area contributed by atoms with Gasteiger partial charge in [0.1, 0.15) is 5.82 Å². The van der Waals surface area contributed by atoms with Crippen LogP contribution in [0, 0.1) is 5.92 Å². The fourth-order valence-corrected chi connectivity index (χ4v) is 4.61. The normalized spacial score (nSPS) is 17.5. The lowest BCUT2D eigenvalue weighted by molar-refractivity contribution is -0.131. The predicted octanol–water partition coefficient (Wildman–Crippen LogP) is 5.00. The SMILES string of the molecule is CN(C)c1ccc(-c2ccc(CN(C(=O)C3CCC(O)CC3)c3cc(C=CC(=O)O)ccn3)cc2)cc1. The van der Waals surface area contributed by atoms with Gasteiger partial charge in [-0.2, -0.15) is 0 Å². The highest BCUT2D eigenvalue weighted by Crippen LogP contribution is 2.29. The largest absolute Gasteiger partial charge is 0.478 e. The lowest BCUT2D eigenvalue weighted by Crippen LogP contribution is -2.38. The molecule has 0 saturated heterocycles. The Labute approximate surface area is 217 Å². The number of rotatable bonds is 8. The number of carboxylic acid groups (broad SMARTS) is 1. The van der Waals surface area contributed by atoms with Crippen LogP contribution in [0.15, 0.2) is 72.9 Å². The molecule has 7 heteroatoms. The number of aromatic nitrogens is 1. The molecule has 1 aliphatic carbocycles. The minimum absolute atomic E-state index is 0.0258. The quantitative estimate of drug-likeness (QED) is 0.424. The van der Waals surface area contributed by atoms with Gasteiger partial charge in [-0.3, -0.25) is 9.69 Å². The van der Waals surface area contributed by atoms with E-state index in [9.17, 15) is 14.7 Å². The molecule has 0 bridgehead atoms. The molecule has 1 aliphatic rings. The Kier molecular flexibility index (Phi) is 8.36. The molecule has 0 unspecified atom stereocenters. The number of aliphatic carboxylic acids is 1. The number of nitrogens with zero attached hydrogens (tertiary/aromatic N) is 3. The van der Waals surface area contributed by atoms with Gasteiger partial charge in [0.25, 0.3) is 0 Å². The van der Waals surface area contributed by atoms with Crippen LogP contribution >= 0.6 is 0 Å². The summed E-state index contributed by atoms with van der Waals surface area (Å²) in [7, 11) is 4.03. The average Bonchev–Trinajstić information content (AvgIpc) is 2.91. The smallest absolute Gasteiger partial charge is 0.328 e. The monoisotopic (exact) mass is 499 g/mol. The van der Waals surface area contributed by atoms with Crippen molar-refractivity contribution in [2.45, 2.75) is 38.3 Å². The molecule has 1 amide bonds. The third-order valence-corrected chi connectivity index (χ3v) is 6.79. The zero-order valence-corrected chi connectivity index (χ0v) is 21.2. The van der Waals surface area contributed by atoms with Gasteiger partial charge in [-0.15, -0.1) is 0 Å². The minimum Gasteiger partial charge on any atom is -0.478 e. The van der Waals surface area contributed by atoms with Crippen LogP contribution in [0.5, 0.6) is 0 Å². The second-order valence-corrected chi connectivity index (χ2v) is 9.69. The van der Waals surface area contributed by atoms with Crippen molar-refractivity contribution in [2.24, 2.45) is 5.92 Å². The number of hydrogen-bond donors (Lipinski definition) is 2. The maximum atomic E-state index is 13.7. The Morgan fingerprint density at radius 1 is 0.946 bits per heavy atom. The zero-order chi connectivity index (χ0) is 26.4. The molecule has 7 nitrogen and oxygen atoms in total. The molecule has 0 radical (unpaired) electrons. The Morgan fingerprint density at radius 2 is 1.57 bits per heavy atom. The first-order valence-electron chi connectivity index (χ1n) is 12.5. The number of aliphatic hydroxyl groups excluding tert-OH is 1. The molecule has 1 aromatic heterocycles.